The van der Waals surface area contributed by atoms with Crippen LogP contribution in [0.2, 0.25) is 10.0 Å². The Morgan fingerprint density at radius 2 is 2.11 bits per heavy atom. The van der Waals surface area contributed by atoms with Crippen LogP contribution in [-0.4, -0.2) is 37.0 Å². The highest BCUT2D eigenvalue weighted by Gasteiger charge is 2.36. The van der Waals surface area contributed by atoms with Gasteiger partial charge in [0.25, 0.3) is 0 Å². The van der Waals surface area contributed by atoms with Crippen LogP contribution in [0.4, 0.5) is 5.69 Å². The number of benzene rings is 1. The lowest BCUT2D eigenvalue weighted by Gasteiger charge is -2.23. The van der Waals surface area contributed by atoms with Crippen molar-refractivity contribution in [2.45, 2.75) is 23.8 Å². The molecule has 1 atom stereocenters. The van der Waals surface area contributed by atoms with Crippen LogP contribution >= 0.6 is 23.2 Å². The molecule has 0 aliphatic carbocycles. The molecule has 1 unspecified atom stereocenters. The molecule has 1 aliphatic heterocycles. The summed E-state index contributed by atoms with van der Waals surface area (Å²) in [5, 5.41) is 9.37. The van der Waals surface area contributed by atoms with Gasteiger partial charge in [-0.05, 0) is 25.0 Å². The van der Waals surface area contributed by atoms with Crippen LogP contribution in [0.5, 0.6) is 0 Å². The van der Waals surface area contributed by atoms with Gasteiger partial charge in [0.2, 0.25) is 10.0 Å². The van der Waals surface area contributed by atoms with Gasteiger partial charge in [0.05, 0.1) is 22.3 Å². The molecule has 0 spiro atoms. The maximum absolute atomic E-state index is 12.5. The molecule has 19 heavy (non-hydrogen) atoms. The highest BCUT2D eigenvalue weighted by Crippen LogP contribution is 2.36. The molecular weight excluding hydrogens is 311 g/mol. The zero-order chi connectivity index (χ0) is 14.2. The lowest BCUT2D eigenvalue weighted by atomic mass is 10.2. The molecule has 0 radical (unpaired) electrons. The van der Waals surface area contributed by atoms with E-state index in [9.17, 15) is 13.5 Å². The second kappa shape index (κ2) is 5.46. The summed E-state index contributed by atoms with van der Waals surface area (Å²) in [7, 11) is -3.77. The number of nitrogen functional groups attached to an aromatic ring is 1. The van der Waals surface area contributed by atoms with Gasteiger partial charge >= 0.3 is 0 Å². The number of aliphatic hydroxyl groups is 1. The van der Waals surface area contributed by atoms with E-state index in [1.165, 1.54) is 16.4 Å². The van der Waals surface area contributed by atoms with Crippen molar-refractivity contribution in [3.8, 4) is 0 Å². The predicted molar refractivity (Wildman–Crippen MR) is 74.9 cm³/mol. The summed E-state index contributed by atoms with van der Waals surface area (Å²) < 4.78 is 26.3. The first-order valence-electron chi connectivity index (χ1n) is 5.75. The fourth-order valence-corrected chi connectivity index (χ4v) is 4.61. The minimum Gasteiger partial charge on any atom is -0.396 e. The van der Waals surface area contributed by atoms with Crippen LogP contribution in [-0.2, 0) is 10.0 Å². The van der Waals surface area contributed by atoms with E-state index in [1.807, 2.05) is 0 Å². The first-order valence-corrected chi connectivity index (χ1v) is 7.95. The van der Waals surface area contributed by atoms with Crippen LogP contribution in [0.25, 0.3) is 0 Å². The second-order valence-corrected chi connectivity index (χ2v) is 7.01. The summed E-state index contributed by atoms with van der Waals surface area (Å²) in [6, 6.07) is 2.33. The van der Waals surface area contributed by atoms with Gasteiger partial charge in [-0.25, -0.2) is 8.42 Å². The molecule has 0 aromatic heterocycles. The van der Waals surface area contributed by atoms with Crippen molar-refractivity contribution in [3.63, 3.8) is 0 Å². The lowest BCUT2D eigenvalue weighted by molar-refractivity contribution is 0.213. The molecule has 1 aromatic rings. The van der Waals surface area contributed by atoms with Crippen molar-refractivity contribution in [1.29, 1.82) is 0 Å². The third-order valence-corrected chi connectivity index (χ3v) is 6.05. The Morgan fingerprint density at radius 1 is 1.42 bits per heavy atom. The molecule has 8 heteroatoms. The molecule has 1 aliphatic rings. The van der Waals surface area contributed by atoms with Crippen LogP contribution in [0.1, 0.15) is 12.8 Å². The van der Waals surface area contributed by atoms with Gasteiger partial charge in [0.1, 0.15) is 4.90 Å². The number of anilines is 1. The van der Waals surface area contributed by atoms with Crippen LogP contribution in [0.3, 0.4) is 0 Å². The van der Waals surface area contributed by atoms with E-state index < -0.39 is 16.1 Å². The minimum atomic E-state index is -3.77. The number of nitrogens with two attached hydrogens (primary N) is 1. The van der Waals surface area contributed by atoms with Crippen molar-refractivity contribution < 1.29 is 13.5 Å². The summed E-state index contributed by atoms with van der Waals surface area (Å²) >= 11 is 11.8. The SMILES string of the molecule is Nc1c(Cl)ccc(S(=O)(=O)N2CCCC2CO)c1Cl. The minimum absolute atomic E-state index is 0.0455. The van der Waals surface area contributed by atoms with E-state index in [0.29, 0.717) is 19.4 Å². The number of rotatable bonds is 3. The zero-order valence-electron chi connectivity index (χ0n) is 10.0. The average Bonchev–Trinajstić information content (AvgIpc) is 2.84. The molecule has 2 rings (SSSR count). The zero-order valence-corrected chi connectivity index (χ0v) is 12.3. The summed E-state index contributed by atoms with van der Waals surface area (Å²) in [5.41, 5.74) is 5.69. The lowest BCUT2D eigenvalue weighted by Crippen LogP contribution is -2.37. The molecule has 1 saturated heterocycles. The summed E-state index contributed by atoms with van der Waals surface area (Å²) in [6.45, 7) is 0.159. The van der Waals surface area contributed by atoms with Gasteiger partial charge in [-0.15, -0.1) is 0 Å². The van der Waals surface area contributed by atoms with Crippen molar-refractivity contribution in [1.82, 2.24) is 4.31 Å². The quantitative estimate of drug-likeness (QED) is 0.829. The summed E-state index contributed by atoms with van der Waals surface area (Å²) in [6.07, 6.45) is 1.35. The van der Waals surface area contributed by atoms with Gasteiger partial charge in [0, 0.05) is 12.6 Å². The smallest absolute Gasteiger partial charge is 0.244 e. The van der Waals surface area contributed by atoms with Gasteiger partial charge in [-0.2, -0.15) is 4.31 Å². The average molecular weight is 325 g/mol. The monoisotopic (exact) mass is 324 g/mol. The van der Waals surface area contributed by atoms with E-state index in [0.717, 1.165) is 0 Å². The Balaban J connectivity index is 2.48. The fraction of sp³-hybridized carbons (Fsp3) is 0.455. The van der Waals surface area contributed by atoms with E-state index >= 15 is 0 Å². The molecule has 3 N–H and O–H groups in total. The summed E-state index contributed by atoms with van der Waals surface area (Å²) in [4.78, 5) is -0.0728. The van der Waals surface area contributed by atoms with Crippen molar-refractivity contribution in [2.24, 2.45) is 0 Å². The molecule has 106 valence electrons. The molecule has 1 fully saturated rings. The number of aliphatic hydroxyl groups excluding tert-OH is 1. The topological polar surface area (TPSA) is 83.6 Å². The number of hydrogen-bond acceptors (Lipinski definition) is 4. The molecule has 1 aromatic carbocycles. The van der Waals surface area contributed by atoms with Crippen LogP contribution in [0.15, 0.2) is 17.0 Å². The largest absolute Gasteiger partial charge is 0.396 e. The molecule has 0 amide bonds. The highest BCUT2D eigenvalue weighted by molar-refractivity contribution is 7.89. The maximum atomic E-state index is 12.5. The Hall–Kier alpha value is -0.530. The Morgan fingerprint density at radius 3 is 2.74 bits per heavy atom. The van der Waals surface area contributed by atoms with Crippen molar-refractivity contribution >= 4 is 38.9 Å². The van der Waals surface area contributed by atoms with E-state index in [1.54, 1.807) is 0 Å². The summed E-state index contributed by atoms with van der Waals surface area (Å²) in [5.74, 6) is 0. The highest BCUT2D eigenvalue weighted by atomic mass is 35.5. The normalized spacial score (nSPS) is 20.9. The van der Waals surface area contributed by atoms with E-state index in [-0.39, 0.29) is 27.2 Å². The molecule has 0 saturated carbocycles. The Labute approximate surface area is 122 Å². The van der Waals surface area contributed by atoms with Gasteiger partial charge < -0.3 is 10.8 Å². The Bertz CT molecular complexity index is 592. The third kappa shape index (κ3) is 2.55. The maximum Gasteiger partial charge on any atom is 0.244 e. The number of hydrogen-bond donors (Lipinski definition) is 2. The van der Waals surface area contributed by atoms with Crippen LogP contribution < -0.4 is 5.73 Å². The van der Waals surface area contributed by atoms with Gasteiger partial charge in [0.15, 0.2) is 0 Å². The standard InChI is InChI=1S/C11H14Cl2N2O3S/c12-8-3-4-9(10(13)11(8)14)19(17,18)15-5-1-2-7(15)6-16/h3-4,7,16H,1-2,5-6,14H2. The first kappa shape index (κ1) is 14.9. The number of nitrogens with zero attached hydrogens (tertiary/aromatic N) is 1. The Kier molecular flexibility index (Phi) is 4.27. The number of halogens is 2. The molecule has 0 bridgehead atoms. The number of sulfonamides is 1. The van der Waals surface area contributed by atoms with Gasteiger partial charge in [-0.1, -0.05) is 23.2 Å². The second-order valence-electron chi connectivity index (χ2n) is 4.37. The van der Waals surface area contributed by atoms with Gasteiger partial charge in [-0.3, -0.25) is 0 Å². The van der Waals surface area contributed by atoms with Crippen LogP contribution in [0, 0.1) is 0 Å². The van der Waals surface area contributed by atoms with Crippen molar-refractivity contribution in [2.75, 3.05) is 18.9 Å². The molecule has 1 heterocycles. The molecule has 5 nitrogen and oxygen atoms in total. The third-order valence-electron chi connectivity index (χ3n) is 3.21. The van der Waals surface area contributed by atoms with E-state index in [2.05, 4.69) is 0 Å². The predicted octanol–water partition coefficient (Wildman–Crippen LogP) is 1.72. The fourth-order valence-electron chi connectivity index (χ4n) is 2.18. The first-order chi connectivity index (χ1) is 8.89. The van der Waals surface area contributed by atoms with Crippen molar-refractivity contribution in [3.05, 3.63) is 22.2 Å². The van der Waals surface area contributed by atoms with E-state index in [4.69, 9.17) is 28.9 Å². The molecular formula is C11H14Cl2N2O3S.